The van der Waals surface area contributed by atoms with Gasteiger partial charge in [0.25, 0.3) is 0 Å². The Morgan fingerprint density at radius 2 is 2.25 bits per heavy atom. The van der Waals surface area contributed by atoms with E-state index in [2.05, 4.69) is 11.4 Å². The predicted molar refractivity (Wildman–Crippen MR) is 60.2 cm³/mol. The number of halogens is 2. The average molecular weight is 242 g/mol. The average Bonchev–Trinajstić information content (AvgIpc) is 2.26. The van der Waals surface area contributed by atoms with Gasteiger partial charge in [0.05, 0.1) is 6.07 Å². The van der Waals surface area contributed by atoms with Crippen molar-refractivity contribution >= 4 is 11.8 Å². The second-order valence-electron chi connectivity index (χ2n) is 3.13. The Morgan fingerprint density at radius 1 is 1.50 bits per heavy atom. The first-order valence-electron chi connectivity index (χ1n) is 4.88. The Balaban J connectivity index is 2.57. The molecule has 1 rings (SSSR count). The van der Waals surface area contributed by atoms with Crippen LogP contribution in [-0.2, 0) is 0 Å². The highest BCUT2D eigenvalue weighted by atomic mass is 32.2. The van der Waals surface area contributed by atoms with Gasteiger partial charge < -0.3 is 5.32 Å². The van der Waals surface area contributed by atoms with Crippen LogP contribution in [0.2, 0.25) is 0 Å². The van der Waals surface area contributed by atoms with Gasteiger partial charge in [-0.05, 0) is 18.7 Å². The minimum absolute atomic E-state index is 0.320. The van der Waals surface area contributed by atoms with Crippen LogP contribution < -0.4 is 5.32 Å². The molecule has 0 heterocycles. The normalized spacial score (nSPS) is 12.1. The van der Waals surface area contributed by atoms with E-state index in [0.29, 0.717) is 17.2 Å². The van der Waals surface area contributed by atoms with Crippen LogP contribution >= 0.6 is 11.8 Å². The third-order valence-electron chi connectivity index (χ3n) is 1.91. The van der Waals surface area contributed by atoms with E-state index in [4.69, 9.17) is 5.26 Å². The van der Waals surface area contributed by atoms with E-state index in [1.807, 2.05) is 6.92 Å². The summed E-state index contributed by atoms with van der Waals surface area (Å²) in [6, 6.07) is 5.19. The van der Waals surface area contributed by atoms with E-state index in [0.717, 1.165) is 6.07 Å². The van der Waals surface area contributed by atoms with Crippen molar-refractivity contribution in [2.45, 2.75) is 17.9 Å². The molecule has 0 aliphatic carbocycles. The van der Waals surface area contributed by atoms with Crippen molar-refractivity contribution in [3.63, 3.8) is 0 Å². The Hall–Kier alpha value is -1.12. The second-order valence-corrected chi connectivity index (χ2v) is 4.19. The summed E-state index contributed by atoms with van der Waals surface area (Å²) >= 11 is 1.20. The van der Waals surface area contributed by atoms with Crippen molar-refractivity contribution < 1.29 is 8.78 Å². The Bertz CT molecular complexity index is 390. The van der Waals surface area contributed by atoms with Gasteiger partial charge in [0.2, 0.25) is 0 Å². The van der Waals surface area contributed by atoms with Crippen molar-refractivity contribution in [3.05, 3.63) is 29.8 Å². The standard InChI is InChI=1S/C11H12F2N2S/c1-2-15-9(6-14)7-16-11-4-3-8(12)5-10(11)13/h3-5,9,15H,2,7H2,1H3. The quantitative estimate of drug-likeness (QED) is 0.806. The number of nitrogens with zero attached hydrogens (tertiary/aromatic N) is 1. The molecule has 1 aromatic rings. The highest BCUT2D eigenvalue weighted by molar-refractivity contribution is 7.99. The smallest absolute Gasteiger partial charge is 0.139 e. The third-order valence-corrected chi connectivity index (χ3v) is 3.05. The number of thioether (sulfide) groups is 1. The van der Waals surface area contributed by atoms with Gasteiger partial charge in [-0.25, -0.2) is 8.78 Å². The summed E-state index contributed by atoms with van der Waals surface area (Å²) in [6.45, 7) is 2.58. The minimum Gasteiger partial charge on any atom is -0.302 e. The summed E-state index contributed by atoms with van der Waals surface area (Å²) in [4.78, 5) is 0.361. The first kappa shape index (κ1) is 12.9. The zero-order chi connectivity index (χ0) is 12.0. The zero-order valence-corrected chi connectivity index (χ0v) is 9.65. The van der Waals surface area contributed by atoms with Crippen molar-refractivity contribution in [3.8, 4) is 6.07 Å². The molecule has 2 nitrogen and oxygen atoms in total. The maximum Gasteiger partial charge on any atom is 0.139 e. The maximum absolute atomic E-state index is 13.2. The van der Waals surface area contributed by atoms with E-state index in [9.17, 15) is 8.78 Å². The number of rotatable bonds is 5. The fourth-order valence-electron chi connectivity index (χ4n) is 1.15. The molecule has 0 saturated heterocycles. The molecule has 5 heteroatoms. The second kappa shape index (κ2) is 6.46. The number of nitriles is 1. The highest BCUT2D eigenvalue weighted by Gasteiger charge is 2.09. The van der Waals surface area contributed by atoms with Crippen molar-refractivity contribution in [2.75, 3.05) is 12.3 Å². The Labute approximate surface area is 97.7 Å². The lowest BCUT2D eigenvalue weighted by atomic mass is 10.3. The molecule has 1 atom stereocenters. The van der Waals surface area contributed by atoms with Crippen LogP contribution in [-0.4, -0.2) is 18.3 Å². The van der Waals surface area contributed by atoms with Crippen LogP contribution in [0.15, 0.2) is 23.1 Å². The lowest BCUT2D eigenvalue weighted by Crippen LogP contribution is -2.29. The Kier molecular flexibility index (Phi) is 5.23. The third kappa shape index (κ3) is 3.80. The molecule has 1 aromatic carbocycles. The van der Waals surface area contributed by atoms with Crippen LogP contribution in [0.25, 0.3) is 0 Å². The molecule has 1 N–H and O–H groups in total. The summed E-state index contributed by atoms with van der Waals surface area (Å²) in [5.41, 5.74) is 0. The summed E-state index contributed by atoms with van der Waals surface area (Å²) in [7, 11) is 0. The fourth-order valence-corrected chi connectivity index (χ4v) is 2.05. The largest absolute Gasteiger partial charge is 0.302 e. The van der Waals surface area contributed by atoms with Crippen LogP contribution in [0.5, 0.6) is 0 Å². The van der Waals surface area contributed by atoms with Gasteiger partial charge in [-0.2, -0.15) is 5.26 Å². The number of nitrogens with one attached hydrogen (secondary N) is 1. The first-order chi connectivity index (χ1) is 7.67. The highest BCUT2D eigenvalue weighted by Crippen LogP contribution is 2.22. The van der Waals surface area contributed by atoms with E-state index in [1.54, 1.807) is 0 Å². The predicted octanol–water partition coefficient (Wildman–Crippen LogP) is 2.56. The molecule has 0 saturated carbocycles. The fraction of sp³-hybridized carbons (Fsp3) is 0.364. The van der Waals surface area contributed by atoms with Gasteiger partial charge in [-0.3, -0.25) is 0 Å². The first-order valence-corrected chi connectivity index (χ1v) is 5.86. The number of hydrogen-bond donors (Lipinski definition) is 1. The molecule has 16 heavy (non-hydrogen) atoms. The lowest BCUT2D eigenvalue weighted by molar-refractivity contribution is 0.565. The summed E-state index contributed by atoms with van der Waals surface area (Å²) < 4.78 is 25.8. The van der Waals surface area contributed by atoms with Crippen molar-refractivity contribution in [1.82, 2.24) is 5.32 Å². The molecule has 1 unspecified atom stereocenters. The number of hydrogen-bond acceptors (Lipinski definition) is 3. The monoisotopic (exact) mass is 242 g/mol. The minimum atomic E-state index is -0.592. The lowest BCUT2D eigenvalue weighted by Gasteiger charge is -2.09. The van der Waals surface area contributed by atoms with E-state index in [-0.39, 0.29) is 6.04 Å². The van der Waals surface area contributed by atoms with Gasteiger partial charge in [-0.1, -0.05) is 6.92 Å². The van der Waals surface area contributed by atoms with Gasteiger partial charge in [0.1, 0.15) is 17.7 Å². The van der Waals surface area contributed by atoms with E-state index < -0.39 is 11.6 Å². The zero-order valence-electron chi connectivity index (χ0n) is 8.84. The molecule has 0 aliphatic heterocycles. The molecule has 0 radical (unpaired) electrons. The van der Waals surface area contributed by atoms with Gasteiger partial charge >= 0.3 is 0 Å². The van der Waals surface area contributed by atoms with Crippen LogP contribution in [0, 0.1) is 23.0 Å². The molecule has 86 valence electrons. The molecule has 0 aromatic heterocycles. The Morgan fingerprint density at radius 3 is 2.81 bits per heavy atom. The van der Waals surface area contributed by atoms with E-state index >= 15 is 0 Å². The van der Waals surface area contributed by atoms with Gasteiger partial charge in [-0.15, -0.1) is 11.8 Å². The van der Waals surface area contributed by atoms with Crippen molar-refractivity contribution in [2.24, 2.45) is 0 Å². The van der Waals surface area contributed by atoms with Crippen LogP contribution in [0.4, 0.5) is 8.78 Å². The molecule has 0 spiro atoms. The van der Waals surface area contributed by atoms with Crippen LogP contribution in [0.1, 0.15) is 6.92 Å². The summed E-state index contributed by atoms with van der Waals surface area (Å²) in [6.07, 6.45) is 0. The van der Waals surface area contributed by atoms with Gasteiger partial charge in [0, 0.05) is 16.7 Å². The molecule has 0 fully saturated rings. The molecule has 0 amide bonds. The number of benzene rings is 1. The SMILES string of the molecule is CCNC(C#N)CSc1ccc(F)cc1F. The maximum atomic E-state index is 13.2. The molecular weight excluding hydrogens is 230 g/mol. The molecule has 0 bridgehead atoms. The molecule has 0 aliphatic rings. The van der Waals surface area contributed by atoms with Crippen molar-refractivity contribution in [1.29, 1.82) is 5.26 Å². The van der Waals surface area contributed by atoms with Gasteiger partial charge in [0.15, 0.2) is 0 Å². The van der Waals surface area contributed by atoms with Crippen LogP contribution in [0.3, 0.4) is 0 Å². The summed E-state index contributed by atoms with van der Waals surface area (Å²) in [5.74, 6) is -0.740. The summed E-state index contributed by atoms with van der Waals surface area (Å²) in [5, 5.41) is 11.7. The topological polar surface area (TPSA) is 35.8 Å². The molecular formula is C11H12F2N2S. The van der Waals surface area contributed by atoms with E-state index in [1.165, 1.54) is 23.9 Å².